The summed E-state index contributed by atoms with van der Waals surface area (Å²) in [5, 5.41) is 0. The lowest BCUT2D eigenvalue weighted by Crippen LogP contribution is -2.35. The van der Waals surface area contributed by atoms with Crippen LogP contribution >= 0.6 is 0 Å². The molecule has 0 aliphatic carbocycles. The van der Waals surface area contributed by atoms with Gasteiger partial charge in [0.1, 0.15) is 11.5 Å². The second-order valence-electron chi connectivity index (χ2n) is 6.71. The summed E-state index contributed by atoms with van der Waals surface area (Å²) in [6.45, 7) is 14.2. The Labute approximate surface area is 154 Å². The minimum atomic E-state index is 0.147. The Morgan fingerprint density at radius 2 is 2.04 bits per heavy atom. The van der Waals surface area contributed by atoms with E-state index in [2.05, 4.69) is 28.7 Å². The third-order valence-corrected chi connectivity index (χ3v) is 4.94. The van der Waals surface area contributed by atoms with Crippen molar-refractivity contribution >= 4 is 18.1 Å². The van der Waals surface area contributed by atoms with Gasteiger partial charge in [0.25, 0.3) is 0 Å². The normalized spacial score (nSPS) is 17.0. The van der Waals surface area contributed by atoms with Gasteiger partial charge in [0.2, 0.25) is 0 Å². The number of fused-ring (bicyclic) bond motifs is 1. The van der Waals surface area contributed by atoms with Crippen molar-refractivity contribution in [1.29, 1.82) is 0 Å². The highest BCUT2D eigenvalue weighted by Crippen LogP contribution is 2.31. The SMILES string of the molecule is [C-]#[N+]c1ccc(Oc2ccc3c(c2)COB3C)c(CN2CCOCC2)c1. The second-order valence-corrected chi connectivity index (χ2v) is 6.71. The monoisotopic (exact) mass is 348 g/mol. The lowest BCUT2D eigenvalue weighted by atomic mass is 9.64. The van der Waals surface area contributed by atoms with Crippen molar-refractivity contribution in [2.24, 2.45) is 0 Å². The minimum Gasteiger partial charge on any atom is -0.457 e. The van der Waals surface area contributed by atoms with Gasteiger partial charge in [0.15, 0.2) is 5.69 Å². The summed E-state index contributed by atoms with van der Waals surface area (Å²) >= 11 is 0. The number of nitrogens with zero attached hydrogens (tertiary/aromatic N) is 2. The van der Waals surface area contributed by atoms with Crippen LogP contribution in [0, 0.1) is 6.57 Å². The highest BCUT2D eigenvalue weighted by atomic mass is 16.5. The molecule has 2 aliphatic heterocycles. The number of ether oxygens (including phenoxy) is 2. The predicted molar refractivity (Wildman–Crippen MR) is 101 cm³/mol. The van der Waals surface area contributed by atoms with E-state index in [0.29, 0.717) is 12.3 Å². The van der Waals surface area contributed by atoms with Gasteiger partial charge in [-0.1, -0.05) is 19.0 Å². The molecule has 0 saturated carbocycles. The zero-order valence-electron chi connectivity index (χ0n) is 14.9. The lowest BCUT2D eigenvalue weighted by Gasteiger charge is -2.27. The minimum absolute atomic E-state index is 0.147. The lowest BCUT2D eigenvalue weighted by molar-refractivity contribution is 0.0339. The summed E-state index contributed by atoms with van der Waals surface area (Å²) in [5.74, 6) is 1.61. The molecule has 6 heteroatoms. The fraction of sp³-hybridized carbons (Fsp3) is 0.350. The first-order valence-corrected chi connectivity index (χ1v) is 8.96. The zero-order valence-corrected chi connectivity index (χ0v) is 14.9. The van der Waals surface area contributed by atoms with Crippen LogP contribution in [0.3, 0.4) is 0 Å². The van der Waals surface area contributed by atoms with Crippen LogP contribution in [0.4, 0.5) is 5.69 Å². The number of benzene rings is 2. The van der Waals surface area contributed by atoms with E-state index in [1.807, 2.05) is 24.3 Å². The maximum Gasteiger partial charge on any atom is 0.324 e. The number of morpholine rings is 1. The Kier molecular flexibility index (Phi) is 4.94. The fourth-order valence-corrected chi connectivity index (χ4v) is 3.46. The maximum absolute atomic E-state index is 7.29. The van der Waals surface area contributed by atoms with Crippen molar-refractivity contribution in [3.8, 4) is 11.5 Å². The van der Waals surface area contributed by atoms with E-state index in [1.54, 1.807) is 0 Å². The van der Waals surface area contributed by atoms with Gasteiger partial charge in [-0.2, -0.15) is 0 Å². The van der Waals surface area contributed by atoms with Gasteiger partial charge in [-0.15, -0.1) is 0 Å². The summed E-state index contributed by atoms with van der Waals surface area (Å²) < 4.78 is 17.3. The summed E-state index contributed by atoms with van der Waals surface area (Å²) in [6.07, 6.45) is 0. The van der Waals surface area contributed by atoms with Crippen molar-refractivity contribution in [3.63, 3.8) is 0 Å². The van der Waals surface area contributed by atoms with E-state index < -0.39 is 0 Å². The highest BCUT2D eigenvalue weighted by molar-refractivity contribution is 6.67. The van der Waals surface area contributed by atoms with Crippen molar-refractivity contribution in [1.82, 2.24) is 4.90 Å². The molecule has 2 heterocycles. The molecular formula is C20H21BN2O3. The van der Waals surface area contributed by atoms with Gasteiger partial charge in [-0.3, -0.25) is 4.90 Å². The van der Waals surface area contributed by atoms with Gasteiger partial charge in [-0.25, -0.2) is 4.85 Å². The molecule has 0 spiro atoms. The van der Waals surface area contributed by atoms with Crippen molar-refractivity contribution in [3.05, 3.63) is 58.9 Å². The van der Waals surface area contributed by atoms with Gasteiger partial charge in [-0.05, 0) is 40.9 Å². The van der Waals surface area contributed by atoms with Crippen LogP contribution in [0.15, 0.2) is 36.4 Å². The standard InChI is InChI=1S/C20H21BN2O3/c1-21-19-5-4-18(12-16(19)14-25-21)26-20-6-3-17(22-2)11-15(20)13-23-7-9-24-10-8-23/h3-6,11-12H,7-10,13-14H2,1H3. The molecule has 0 amide bonds. The Balaban J connectivity index is 1.58. The summed E-state index contributed by atoms with van der Waals surface area (Å²) in [7, 11) is 0. The smallest absolute Gasteiger partial charge is 0.324 e. The Bertz CT molecular complexity index is 843. The number of rotatable bonds is 4. The third kappa shape index (κ3) is 3.61. The molecule has 4 rings (SSSR count). The van der Waals surface area contributed by atoms with E-state index >= 15 is 0 Å². The molecule has 132 valence electrons. The second kappa shape index (κ2) is 7.51. The molecule has 5 nitrogen and oxygen atoms in total. The van der Waals surface area contributed by atoms with Crippen LogP contribution in [0.2, 0.25) is 6.82 Å². The van der Waals surface area contributed by atoms with Gasteiger partial charge >= 0.3 is 6.92 Å². The summed E-state index contributed by atoms with van der Waals surface area (Å²) in [6, 6.07) is 11.8. The van der Waals surface area contributed by atoms with Gasteiger partial charge in [0.05, 0.1) is 26.4 Å². The van der Waals surface area contributed by atoms with E-state index in [0.717, 1.165) is 49.9 Å². The predicted octanol–water partition coefficient (Wildman–Crippen LogP) is 3.22. The molecule has 0 N–H and O–H groups in total. The summed E-state index contributed by atoms with van der Waals surface area (Å²) in [4.78, 5) is 5.89. The van der Waals surface area contributed by atoms with Crippen LogP contribution < -0.4 is 10.2 Å². The van der Waals surface area contributed by atoms with Gasteiger partial charge < -0.3 is 14.1 Å². The molecule has 2 aromatic carbocycles. The Hall–Kier alpha value is -2.33. The first-order valence-electron chi connectivity index (χ1n) is 8.96. The average Bonchev–Trinajstić information content (AvgIpc) is 3.04. The number of hydrogen-bond donors (Lipinski definition) is 0. The first-order chi connectivity index (χ1) is 12.7. The van der Waals surface area contributed by atoms with Gasteiger partial charge in [0, 0.05) is 19.6 Å². The van der Waals surface area contributed by atoms with E-state index in [4.69, 9.17) is 20.7 Å². The molecule has 26 heavy (non-hydrogen) atoms. The van der Waals surface area contributed by atoms with Crippen molar-refractivity contribution < 1.29 is 14.1 Å². The zero-order chi connectivity index (χ0) is 17.9. The summed E-state index contributed by atoms with van der Waals surface area (Å²) in [5.41, 5.74) is 4.08. The van der Waals surface area contributed by atoms with Crippen LogP contribution in [-0.4, -0.2) is 38.1 Å². The van der Waals surface area contributed by atoms with Crippen molar-refractivity contribution in [2.45, 2.75) is 20.0 Å². The largest absolute Gasteiger partial charge is 0.457 e. The molecule has 0 atom stereocenters. The average molecular weight is 348 g/mol. The molecule has 0 radical (unpaired) electrons. The van der Waals surface area contributed by atoms with Crippen LogP contribution in [0.25, 0.3) is 4.85 Å². The van der Waals surface area contributed by atoms with E-state index in [9.17, 15) is 0 Å². The maximum atomic E-state index is 7.29. The third-order valence-electron chi connectivity index (χ3n) is 4.94. The molecule has 1 saturated heterocycles. The van der Waals surface area contributed by atoms with Crippen LogP contribution in [0.5, 0.6) is 11.5 Å². The number of hydrogen-bond acceptors (Lipinski definition) is 4. The fourth-order valence-electron chi connectivity index (χ4n) is 3.46. The Morgan fingerprint density at radius 1 is 1.19 bits per heavy atom. The molecule has 1 fully saturated rings. The van der Waals surface area contributed by atoms with Crippen molar-refractivity contribution in [2.75, 3.05) is 26.3 Å². The topological polar surface area (TPSA) is 35.3 Å². The Morgan fingerprint density at radius 3 is 2.85 bits per heavy atom. The quantitative estimate of drug-likeness (QED) is 0.628. The van der Waals surface area contributed by atoms with E-state index in [1.165, 1.54) is 11.0 Å². The molecule has 2 aliphatic rings. The molecule has 0 bridgehead atoms. The molecule has 0 aromatic heterocycles. The highest BCUT2D eigenvalue weighted by Gasteiger charge is 2.23. The van der Waals surface area contributed by atoms with E-state index in [-0.39, 0.29) is 6.92 Å². The molecular weight excluding hydrogens is 327 g/mol. The van der Waals surface area contributed by atoms with Crippen LogP contribution in [-0.2, 0) is 22.5 Å². The van der Waals surface area contributed by atoms with Crippen LogP contribution in [0.1, 0.15) is 11.1 Å². The first kappa shape index (κ1) is 17.1. The molecule has 0 unspecified atom stereocenters. The molecule has 2 aromatic rings.